The first kappa shape index (κ1) is 28.5. The molecule has 0 atom stereocenters. The van der Waals surface area contributed by atoms with Gasteiger partial charge in [-0.05, 0) is 57.3 Å². The quantitative estimate of drug-likeness (QED) is 0.310. The van der Waals surface area contributed by atoms with Gasteiger partial charge in [0.2, 0.25) is 11.2 Å². The first-order valence-corrected chi connectivity index (χ1v) is 12.3. The van der Waals surface area contributed by atoms with Gasteiger partial charge < -0.3 is 15.2 Å². The molecule has 0 bridgehead atoms. The van der Waals surface area contributed by atoms with Gasteiger partial charge >= 0.3 is 0 Å². The van der Waals surface area contributed by atoms with Crippen LogP contribution in [0.3, 0.4) is 0 Å². The Hall–Kier alpha value is -2.77. The second-order valence-corrected chi connectivity index (χ2v) is 8.90. The van der Waals surface area contributed by atoms with E-state index < -0.39 is 0 Å². The third kappa shape index (κ3) is 10.2. The van der Waals surface area contributed by atoms with Gasteiger partial charge in [0.05, 0.1) is 28.4 Å². The summed E-state index contributed by atoms with van der Waals surface area (Å²) in [7, 11) is 3.67. The second-order valence-electron chi connectivity index (χ2n) is 6.73. The van der Waals surface area contributed by atoms with E-state index in [-0.39, 0.29) is 5.28 Å². The first-order valence-electron chi connectivity index (χ1n) is 10.4. The second kappa shape index (κ2) is 14.6. The fourth-order valence-electron chi connectivity index (χ4n) is 2.53. The highest BCUT2D eigenvalue weighted by atomic mass is 79.9. The maximum atomic E-state index is 5.52. The summed E-state index contributed by atoms with van der Waals surface area (Å²) in [6, 6.07) is 0. The van der Waals surface area contributed by atoms with Crippen molar-refractivity contribution in [3.05, 3.63) is 62.8 Å². The molecule has 2 N–H and O–H groups in total. The fourth-order valence-corrected chi connectivity index (χ4v) is 3.04. The summed E-state index contributed by atoms with van der Waals surface area (Å²) in [5, 5.41) is 8.48. The van der Waals surface area contributed by atoms with Crippen LogP contribution in [-0.4, -0.2) is 52.7 Å². The number of rotatable bonds is 6. The first-order chi connectivity index (χ1) is 16.7. The highest BCUT2D eigenvalue weighted by molar-refractivity contribution is 9.10. The molecule has 0 fully saturated rings. The van der Waals surface area contributed by atoms with Crippen molar-refractivity contribution in [1.82, 2.24) is 39.5 Å². The minimum Gasteiger partial charge on any atom is -0.477 e. The molecule has 35 heavy (non-hydrogen) atoms. The Kier molecular flexibility index (Phi) is 11.9. The minimum atomic E-state index is 0.271. The van der Waals surface area contributed by atoms with E-state index >= 15 is 0 Å². The molecule has 0 aliphatic carbocycles. The number of aromatic nitrogens is 8. The van der Waals surface area contributed by atoms with Gasteiger partial charge in [0.15, 0.2) is 0 Å². The monoisotopic (exact) mass is 629 g/mol. The molecule has 0 aromatic carbocycles. The zero-order valence-electron chi connectivity index (χ0n) is 19.7. The predicted octanol–water partition coefficient (Wildman–Crippen LogP) is 4.26. The molecule has 0 aliphatic heterocycles. The van der Waals surface area contributed by atoms with Gasteiger partial charge in [0.1, 0.15) is 11.5 Å². The van der Waals surface area contributed by atoms with Crippen LogP contribution in [-0.2, 0) is 20.5 Å². The Morgan fingerprint density at radius 2 is 1.31 bits per heavy atom. The van der Waals surface area contributed by atoms with Crippen molar-refractivity contribution < 1.29 is 9.47 Å². The molecule has 4 aromatic rings. The van der Waals surface area contributed by atoms with Gasteiger partial charge in [-0.25, -0.2) is 19.9 Å². The Morgan fingerprint density at radius 1 is 0.829 bits per heavy atom. The number of nitrogen functional groups attached to an aromatic ring is 1. The number of nitrogens with zero attached hydrogens (tertiary/aromatic N) is 8. The van der Waals surface area contributed by atoms with E-state index in [0.29, 0.717) is 37.1 Å². The fraction of sp³-hybridized carbons (Fsp3) is 0.333. The van der Waals surface area contributed by atoms with Gasteiger partial charge in [-0.1, -0.05) is 0 Å². The van der Waals surface area contributed by atoms with Crippen LogP contribution in [0.25, 0.3) is 0 Å². The van der Waals surface area contributed by atoms with Crippen molar-refractivity contribution in [2.75, 3.05) is 18.9 Å². The van der Waals surface area contributed by atoms with Gasteiger partial charge in [-0.15, -0.1) is 10.2 Å². The molecule has 14 heteroatoms. The smallest absolute Gasteiger partial charge is 0.256 e. The summed E-state index contributed by atoms with van der Waals surface area (Å²) in [5.41, 5.74) is 7.10. The lowest BCUT2D eigenvalue weighted by Crippen LogP contribution is -1.99. The van der Waals surface area contributed by atoms with Crippen molar-refractivity contribution in [3.63, 3.8) is 0 Å². The number of halogens is 3. The molecule has 11 nitrogen and oxygen atoms in total. The normalized spacial score (nSPS) is 10.0. The lowest BCUT2D eigenvalue weighted by molar-refractivity contribution is 0.320. The number of aryl methyl sites for hydroxylation is 2. The number of hydrogen-bond donors (Lipinski definition) is 1. The maximum absolute atomic E-state index is 5.52. The molecule has 188 valence electrons. The molecule has 0 unspecified atom stereocenters. The van der Waals surface area contributed by atoms with E-state index in [2.05, 4.69) is 62.0 Å². The molecule has 0 spiro atoms. The molecule has 4 rings (SSSR count). The molecule has 0 saturated carbocycles. The standard InChI is InChI=1S/C11H13BrN4O.C6H11N3O.C4H2BrClN2/c1-3-17-11-8(7-16(2)15-11)4-10-13-5-9(12)6-14-10;1-3-10-6-5(7)4-9(2)8-6;5-3-1-7-4(6)8-2-3/h5-7H,3-4H2,1-2H3;4H,3,7H2,1-2H3;1-2H. The van der Waals surface area contributed by atoms with Crippen molar-refractivity contribution in [1.29, 1.82) is 0 Å². The van der Waals surface area contributed by atoms with Crippen molar-refractivity contribution in [3.8, 4) is 11.8 Å². The molecule has 0 radical (unpaired) electrons. The van der Waals surface area contributed by atoms with E-state index in [1.165, 1.54) is 0 Å². The Morgan fingerprint density at radius 3 is 1.80 bits per heavy atom. The minimum absolute atomic E-state index is 0.271. The molecule has 4 heterocycles. The number of nitrogens with two attached hydrogens (primary N) is 1. The Bertz CT molecular complexity index is 1150. The van der Waals surface area contributed by atoms with E-state index in [9.17, 15) is 0 Å². The SMILES string of the molecule is CCOc1nn(C)cc1Cc1ncc(Br)cn1.CCOc1nn(C)cc1N.Clc1ncc(Br)cn1. The molecule has 0 aliphatic rings. The average Bonchev–Trinajstić information content (AvgIpc) is 3.33. The summed E-state index contributed by atoms with van der Waals surface area (Å²) in [6.45, 7) is 5.04. The van der Waals surface area contributed by atoms with Crippen LogP contribution >= 0.6 is 43.5 Å². The van der Waals surface area contributed by atoms with Crippen LogP contribution in [0.5, 0.6) is 11.8 Å². The summed E-state index contributed by atoms with van der Waals surface area (Å²) < 4.78 is 15.6. The van der Waals surface area contributed by atoms with E-state index in [0.717, 1.165) is 20.3 Å². The highest BCUT2D eigenvalue weighted by Crippen LogP contribution is 2.18. The molecule has 0 amide bonds. The predicted molar refractivity (Wildman–Crippen MR) is 140 cm³/mol. The molecule has 4 aromatic heterocycles. The average molecular weight is 632 g/mol. The van der Waals surface area contributed by atoms with Crippen LogP contribution in [0.1, 0.15) is 25.2 Å². The number of ether oxygens (including phenoxy) is 2. The van der Waals surface area contributed by atoms with E-state index in [1.54, 1.807) is 47.4 Å². The van der Waals surface area contributed by atoms with Crippen molar-refractivity contribution in [2.24, 2.45) is 14.1 Å². The zero-order chi connectivity index (χ0) is 25.8. The molecular weight excluding hydrogens is 606 g/mol. The summed E-state index contributed by atoms with van der Waals surface area (Å²) in [5.74, 6) is 1.92. The van der Waals surface area contributed by atoms with Crippen molar-refractivity contribution >= 4 is 49.1 Å². The summed E-state index contributed by atoms with van der Waals surface area (Å²) in [4.78, 5) is 15.8. The van der Waals surface area contributed by atoms with Crippen LogP contribution in [0.4, 0.5) is 5.69 Å². The van der Waals surface area contributed by atoms with Gasteiger partial charge in [-0.2, -0.15) is 0 Å². The van der Waals surface area contributed by atoms with E-state index in [4.69, 9.17) is 26.8 Å². The van der Waals surface area contributed by atoms with Gasteiger partial charge in [0, 0.05) is 57.1 Å². The third-order valence-electron chi connectivity index (χ3n) is 3.86. The van der Waals surface area contributed by atoms with Gasteiger partial charge in [0.25, 0.3) is 5.88 Å². The zero-order valence-corrected chi connectivity index (χ0v) is 23.6. The summed E-state index contributed by atoms with van der Waals surface area (Å²) in [6.07, 6.45) is 10.9. The van der Waals surface area contributed by atoms with Crippen LogP contribution in [0, 0.1) is 0 Å². The third-order valence-corrected chi connectivity index (χ3v) is 4.87. The van der Waals surface area contributed by atoms with Crippen LogP contribution in [0.15, 0.2) is 46.1 Å². The topological polar surface area (TPSA) is 132 Å². The van der Waals surface area contributed by atoms with Gasteiger partial charge in [-0.3, -0.25) is 9.36 Å². The molecular formula is C21H26Br2ClN9O2. The van der Waals surface area contributed by atoms with Crippen LogP contribution < -0.4 is 15.2 Å². The van der Waals surface area contributed by atoms with E-state index in [1.807, 2.05) is 27.1 Å². The Balaban J connectivity index is 0.000000204. The lowest BCUT2D eigenvalue weighted by atomic mass is 10.2. The lowest BCUT2D eigenvalue weighted by Gasteiger charge is -2.01. The summed E-state index contributed by atoms with van der Waals surface area (Å²) >= 11 is 11.8. The maximum Gasteiger partial charge on any atom is 0.256 e. The number of hydrogen-bond acceptors (Lipinski definition) is 9. The number of anilines is 1. The highest BCUT2D eigenvalue weighted by Gasteiger charge is 2.10. The van der Waals surface area contributed by atoms with Crippen molar-refractivity contribution in [2.45, 2.75) is 20.3 Å². The largest absolute Gasteiger partial charge is 0.477 e. The Labute approximate surface area is 225 Å². The van der Waals surface area contributed by atoms with Crippen LogP contribution in [0.2, 0.25) is 5.28 Å². The molecule has 0 saturated heterocycles.